The Morgan fingerprint density at radius 3 is 1.69 bits per heavy atom. The molecule has 0 aromatic rings. The molecule has 0 saturated heterocycles. The van der Waals surface area contributed by atoms with E-state index in [1.54, 1.807) is 0 Å². The fourth-order valence-electron chi connectivity index (χ4n) is 1.52. The molecule has 0 bridgehead atoms. The fourth-order valence-corrected chi connectivity index (χ4v) is 1.52. The number of nitrogens with one attached hydrogen (secondary N) is 1. The predicted octanol–water partition coefficient (Wildman–Crippen LogP) is 3.11. The van der Waals surface area contributed by atoms with Crippen molar-refractivity contribution >= 4 is 6.03 Å². The molecule has 0 atom stereocenters. The summed E-state index contributed by atoms with van der Waals surface area (Å²) in [6, 6.07) is 0.0508. The number of urea groups is 1. The van der Waals surface area contributed by atoms with Crippen LogP contribution in [0.15, 0.2) is 0 Å². The monoisotopic (exact) mass is 228 g/mol. The number of nitrogens with zero attached hydrogens (tertiary/aromatic N) is 1. The van der Waals surface area contributed by atoms with Gasteiger partial charge in [0.05, 0.1) is 0 Å². The van der Waals surface area contributed by atoms with Gasteiger partial charge in [0.15, 0.2) is 0 Å². The Morgan fingerprint density at radius 1 is 1.06 bits per heavy atom. The highest BCUT2D eigenvalue weighted by Crippen LogP contribution is 2.07. The molecule has 0 unspecified atom stereocenters. The Bertz CT molecular complexity index is 206. The first kappa shape index (κ1) is 15.3. The minimum atomic E-state index is -0.163. The van der Waals surface area contributed by atoms with Crippen LogP contribution in [0.5, 0.6) is 0 Å². The molecule has 16 heavy (non-hydrogen) atoms. The summed E-state index contributed by atoms with van der Waals surface area (Å²) in [5, 5.41) is 3.02. The first-order valence-electron chi connectivity index (χ1n) is 6.19. The average molecular weight is 228 g/mol. The van der Waals surface area contributed by atoms with E-state index < -0.39 is 0 Å². The standard InChI is InChI=1S/C13H28N2O/c1-10(2)8-15(9-11(3)4)12(16)14-13(5,6)7/h10-11H,8-9H2,1-7H3,(H,14,16). The van der Waals surface area contributed by atoms with Crippen LogP contribution in [-0.2, 0) is 0 Å². The van der Waals surface area contributed by atoms with Gasteiger partial charge in [-0.1, -0.05) is 27.7 Å². The molecule has 0 heterocycles. The van der Waals surface area contributed by atoms with Crippen molar-refractivity contribution < 1.29 is 4.79 Å². The van der Waals surface area contributed by atoms with Crippen LogP contribution < -0.4 is 5.32 Å². The molecule has 3 heteroatoms. The quantitative estimate of drug-likeness (QED) is 0.788. The molecule has 96 valence electrons. The van der Waals surface area contributed by atoms with Crippen LogP contribution >= 0.6 is 0 Å². The first-order chi connectivity index (χ1) is 7.11. The van der Waals surface area contributed by atoms with Gasteiger partial charge in [0, 0.05) is 18.6 Å². The molecule has 0 aliphatic carbocycles. The molecule has 0 spiro atoms. The zero-order chi connectivity index (χ0) is 12.9. The second-order valence-corrected chi connectivity index (χ2v) is 6.37. The van der Waals surface area contributed by atoms with Gasteiger partial charge in [-0.25, -0.2) is 4.79 Å². The Balaban J connectivity index is 4.44. The highest BCUT2D eigenvalue weighted by atomic mass is 16.2. The van der Waals surface area contributed by atoms with Gasteiger partial charge in [-0.05, 0) is 32.6 Å². The van der Waals surface area contributed by atoms with Crippen molar-refractivity contribution in [1.82, 2.24) is 10.2 Å². The summed E-state index contributed by atoms with van der Waals surface area (Å²) in [4.78, 5) is 14.0. The maximum atomic E-state index is 12.0. The summed E-state index contributed by atoms with van der Waals surface area (Å²) in [6.07, 6.45) is 0. The van der Waals surface area contributed by atoms with E-state index >= 15 is 0 Å². The fraction of sp³-hybridized carbons (Fsp3) is 0.923. The zero-order valence-electron chi connectivity index (χ0n) is 11.9. The van der Waals surface area contributed by atoms with E-state index in [1.807, 2.05) is 25.7 Å². The van der Waals surface area contributed by atoms with Crippen LogP contribution in [0.25, 0.3) is 0 Å². The lowest BCUT2D eigenvalue weighted by molar-refractivity contribution is 0.175. The normalized spacial score (nSPS) is 12.1. The second-order valence-electron chi connectivity index (χ2n) is 6.37. The number of rotatable bonds is 4. The zero-order valence-corrected chi connectivity index (χ0v) is 11.9. The summed E-state index contributed by atoms with van der Waals surface area (Å²) in [5.41, 5.74) is -0.163. The summed E-state index contributed by atoms with van der Waals surface area (Å²) >= 11 is 0. The van der Waals surface area contributed by atoms with E-state index in [1.165, 1.54) is 0 Å². The topological polar surface area (TPSA) is 32.3 Å². The van der Waals surface area contributed by atoms with Gasteiger partial charge in [0.1, 0.15) is 0 Å². The van der Waals surface area contributed by atoms with Gasteiger partial charge in [-0.2, -0.15) is 0 Å². The van der Waals surface area contributed by atoms with E-state index in [-0.39, 0.29) is 11.6 Å². The lowest BCUT2D eigenvalue weighted by Crippen LogP contribution is -2.50. The largest absolute Gasteiger partial charge is 0.333 e. The Kier molecular flexibility index (Phi) is 5.84. The average Bonchev–Trinajstić information content (AvgIpc) is 1.97. The Labute approximate surface area is 101 Å². The van der Waals surface area contributed by atoms with Crippen LogP contribution in [0.3, 0.4) is 0 Å². The van der Waals surface area contributed by atoms with E-state index in [0.717, 1.165) is 13.1 Å². The van der Waals surface area contributed by atoms with E-state index in [9.17, 15) is 4.79 Å². The van der Waals surface area contributed by atoms with Crippen molar-refractivity contribution in [2.75, 3.05) is 13.1 Å². The van der Waals surface area contributed by atoms with Crippen LogP contribution in [0.1, 0.15) is 48.5 Å². The first-order valence-corrected chi connectivity index (χ1v) is 6.19. The molecule has 0 radical (unpaired) electrons. The maximum Gasteiger partial charge on any atom is 0.317 e. The van der Waals surface area contributed by atoms with Gasteiger partial charge in [-0.3, -0.25) is 0 Å². The molecule has 2 amide bonds. The van der Waals surface area contributed by atoms with Gasteiger partial charge in [-0.15, -0.1) is 0 Å². The number of hydrogen-bond donors (Lipinski definition) is 1. The summed E-state index contributed by atoms with van der Waals surface area (Å²) in [7, 11) is 0. The highest BCUT2D eigenvalue weighted by Gasteiger charge is 2.20. The number of carbonyl (C=O) groups is 1. The maximum absolute atomic E-state index is 12.0. The van der Waals surface area contributed by atoms with Crippen molar-refractivity contribution in [3.05, 3.63) is 0 Å². The Hall–Kier alpha value is -0.730. The smallest absolute Gasteiger partial charge is 0.317 e. The van der Waals surface area contributed by atoms with E-state index in [4.69, 9.17) is 0 Å². The molecule has 3 nitrogen and oxygen atoms in total. The number of carbonyl (C=O) groups excluding carboxylic acids is 1. The third-order valence-corrected chi connectivity index (χ3v) is 1.94. The van der Waals surface area contributed by atoms with Crippen molar-refractivity contribution in [1.29, 1.82) is 0 Å². The Morgan fingerprint density at radius 2 is 1.44 bits per heavy atom. The van der Waals surface area contributed by atoms with Crippen LogP contribution in [-0.4, -0.2) is 29.6 Å². The minimum absolute atomic E-state index is 0.0508. The lowest BCUT2D eigenvalue weighted by atomic mass is 10.1. The van der Waals surface area contributed by atoms with E-state index in [2.05, 4.69) is 33.0 Å². The predicted molar refractivity (Wildman–Crippen MR) is 69.5 cm³/mol. The molecular weight excluding hydrogens is 200 g/mol. The number of hydrogen-bond acceptors (Lipinski definition) is 1. The molecule has 0 aromatic carbocycles. The van der Waals surface area contributed by atoms with E-state index in [0.29, 0.717) is 11.8 Å². The lowest BCUT2D eigenvalue weighted by Gasteiger charge is -2.30. The minimum Gasteiger partial charge on any atom is -0.333 e. The van der Waals surface area contributed by atoms with Crippen molar-refractivity contribution in [3.8, 4) is 0 Å². The molecule has 0 aliphatic heterocycles. The van der Waals surface area contributed by atoms with Gasteiger partial charge >= 0.3 is 6.03 Å². The SMILES string of the molecule is CC(C)CN(CC(C)C)C(=O)NC(C)(C)C. The third-order valence-electron chi connectivity index (χ3n) is 1.94. The molecule has 0 rings (SSSR count). The summed E-state index contributed by atoms with van der Waals surface area (Å²) < 4.78 is 0. The number of amides is 2. The van der Waals surface area contributed by atoms with Gasteiger partial charge in [0.25, 0.3) is 0 Å². The molecule has 0 fully saturated rings. The third kappa shape index (κ3) is 7.55. The van der Waals surface area contributed by atoms with Crippen molar-refractivity contribution in [2.45, 2.75) is 54.0 Å². The van der Waals surface area contributed by atoms with Crippen LogP contribution in [0.4, 0.5) is 4.79 Å². The van der Waals surface area contributed by atoms with Crippen molar-refractivity contribution in [2.24, 2.45) is 11.8 Å². The molecule has 0 aliphatic rings. The highest BCUT2D eigenvalue weighted by molar-refractivity contribution is 5.74. The second kappa shape index (κ2) is 6.12. The van der Waals surface area contributed by atoms with Crippen LogP contribution in [0.2, 0.25) is 0 Å². The van der Waals surface area contributed by atoms with Crippen LogP contribution in [0, 0.1) is 11.8 Å². The molecule has 0 saturated carbocycles. The molecular formula is C13H28N2O. The summed E-state index contributed by atoms with van der Waals surface area (Å²) in [6.45, 7) is 16.2. The molecule has 1 N–H and O–H groups in total. The molecule has 0 aromatic heterocycles. The summed E-state index contributed by atoms with van der Waals surface area (Å²) in [5.74, 6) is 1.01. The van der Waals surface area contributed by atoms with Crippen molar-refractivity contribution in [3.63, 3.8) is 0 Å². The van der Waals surface area contributed by atoms with Gasteiger partial charge < -0.3 is 10.2 Å². The van der Waals surface area contributed by atoms with Gasteiger partial charge in [0.2, 0.25) is 0 Å².